The molecule has 0 amide bonds. The minimum Gasteiger partial charge on any atom is -0.381 e. The van der Waals surface area contributed by atoms with Crippen LogP contribution in [-0.4, -0.2) is 25.3 Å². The highest BCUT2D eigenvalue weighted by atomic mass is 16.5. The Morgan fingerprint density at radius 2 is 2.10 bits per heavy atom. The summed E-state index contributed by atoms with van der Waals surface area (Å²) in [6.45, 7) is 7.82. The molecule has 1 fully saturated rings. The second-order valence-electron chi connectivity index (χ2n) is 9.34. The van der Waals surface area contributed by atoms with Crippen LogP contribution in [0.4, 0.5) is 0 Å². The number of nitrogens with zero attached hydrogens (tertiary/aromatic N) is 2. The summed E-state index contributed by atoms with van der Waals surface area (Å²) in [7, 11) is 1.69. The molecule has 0 unspecified atom stereocenters. The largest absolute Gasteiger partial charge is 0.381 e. The van der Waals surface area contributed by atoms with Crippen LogP contribution >= 0.6 is 0 Å². The molecule has 4 rings (SSSR count). The van der Waals surface area contributed by atoms with E-state index in [2.05, 4.69) is 51.1 Å². The predicted octanol–water partition coefficient (Wildman–Crippen LogP) is 5.10. The third kappa shape index (κ3) is 3.58. The van der Waals surface area contributed by atoms with Gasteiger partial charge in [-0.15, -0.1) is 0 Å². The van der Waals surface area contributed by atoms with Gasteiger partial charge in [-0.1, -0.05) is 43.7 Å². The van der Waals surface area contributed by atoms with Crippen molar-refractivity contribution in [1.29, 1.82) is 5.26 Å². The summed E-state index contributed by atoms with van der Waals surface area (Å²) in [5.74, 6) is 0. The van der Waals surface area contributed by atoms with E-state index in [4.69, 9.17) is 14.5 Å². The van der Waals surface area contributed by atoms with Gasteiger partial charge in [0.05, 0.1) is 17.9 Å². The van der Waals surface area contributed by atoms with Crippen molar-refractivity contribution in [3.8, 4) is 17.2 Å². The van der Waals surface area contributed by atoms with Crippen molar-refractivity contribution >= 4 is 0 Å². The van der Waals surface area contributed by atoms with Crippen LogP contribution in [0.1, 0.15) is 61.2 Å². The Morgan fingerprint density at radius 1 is 1.28 bits per heavy atom. The minimum atomic E-state index is -0.625. The van der Waals surface area contributed by atoms with Crippen molar-refractivity contribution < 1.29 is 9.47 Å². The molecule has 0 spiro atoms. The topological polar surface area (TPSA) is 55.1 Å². The summed E-state index contributed by atoms with van der Waals surface area (Å²) < 4.78 is 11.8. The minimum absolute atomic E-state index is 0.204. The first kappa shape index (κ1) is 20.1. The standard InChI is InChI=1S/C25H30N2O2/c1-17-7-5-8-18(13-17)22-19-14-24(2,3)11-9-21(19)27-23(20(22)15-26)25(16-28-4)10-6-12-29-25/h5,7-8,13H,6,9-12,14,16H2,1-4H3/t25-/m0/s1. The summed E-state index contributed by atoms with van der Waals surface area (Å²) >= 11 is 0. The summed E-state index contributed by atoms with van der Waals surface area (Å²) in [5, 5.41) is 10.3. The maximum atomic E-state index is 10.3. The average molecular weight is 391 g/mol. The quantitative estimate of drug-likeness (QED) is 0.729. The Kier molecular flexibility index (Phi) is 5.23. The smallest absolute Gasteiger partial charge is 0.134 e. The van der Waals surface area contributed by atoms with Gasteiger partial charge >= 0.3 is 0 Å². The van der Waals surface area contributed by atoms with Gasteiger partial charge in [0.1, 0.15) is 11.7 Å². The molecule has 1 aliphatic carbocycles. The summed E-state index contributed by atoms with van der Waals surface area (Å²) in [6, 6.07) is 11.0. The molecule has 152 valence electrons. The second kappa shape index (κ2) is 7.55. The average Bonchev–Trinajstić information content (AvgIpc) is 3.15. The predicted molar refractivity (Wildman–Crippen MR) is 114 cm³/mol. The molecule has 1 saturated heterocycles. The molecule has 1 aliphatic heterocycles. The molecule has 29 heavy (non-hydrogen) atoms. The van der Waals surface area contributed by atoms with Gasteiger partial charge in [-0.3, -0.25) is 4.98 Å². The summed E-state index contributed by atoms with van der Waals surface area (Å²) in [4.78, 5) is 5.10. The number of methoxy groups -OCH3 is 1. The Morgan fingerprint density at radius 3 is 2.76 bits per heavy atom. The van der Waals surface area contributed by atoms with E-state index >= 15 is 0 Å². The first-order chi connectivity index (χ1) is 13.9. The SMILES string of the molecule is COC[C@]1(c2nc3c(c(-c4cccc(C)c4)c2C#N)CC(C)(C)CC3)CCCO1. The molecule has 0 bridgehead atoms. The van der Waals surface area contributed by atoms with Gasteiger partial charge < -0.3 is 9.47 Å². The lowest BCUT2D eigenvalue weighted by atomic mass is 9.72. The van der Waals surface area contributed by atoms with E-state index in [1.165, 1.54) is 11.1 Å². The maximum absolute atomic E-state index is 10.3. The van der Waals surface area contributed by atoms with Gasteiger partial charge in [-0.2, -0.15) is 5.26 Å². The summed E-state index contributed by atoms with van der Waals surface area (Å²) in [6.07, 6.45) is 4.76. The first-order valence-electron chi connectivity index (χ1n) is 10.6. The lowest BCUT2D eigenvalue weighted by Crippen LogP contribution is -2.34. The van der Waals surface area contributed by atoms with Crippen molar-refractivity contribution in [1.82, 2.24) is 4.98 Å². The van der Waals surface area contributed by atoms with Crippen LogP contribution < -0.4 is 0 Å². The molecule has 1 atom stereocenters. The van der Waals surface area contributed by atoms with Gasteiger partial charge in [0.25, 0.3) is 0 Å². The molecule has 2 aromatic rings. The molecule has 1 aromatic heterocycles. The highest BCUT2D eigenvalue weighted by Crippen LogP contribution is 2.45. The van der Waals surface area contributed by atoms with E-state index < -0.39 is 5.60 Å². The van der Waals surface area contributed by atoms with Gasteiger partial charge in [0.2, 0.25) is 0 Å². The fourth-order valence-electron chi connectivity index (χ4n) is 4.95. The third-order valence-electron chi connectivity index (χ3n) is 6.41. The number of fused-ring (bicyclic) bond motifs is 1. The molecule has 2 heterocycles. The number of aryl methyl sites for hydroxylation is 2. The zero-order valence-electron chi connectivity index (χ0n) is 18.0. The molecule has 2 aliphatic rings. The van der Waals surface area contributed by atoms with Gasteiger partial charge in [0, 0.05) is 25.0 Å². The molecule has 1 aromatic carbocycles. The first-order valence-corrected chi connectivity index (χ1v) is 10.6. The van der Waals surface area contributed by atoms with E-state index in [0.717, 1.165) is 54.6 Å². The van der Waals surface area contributed by atoms with Gasteiger partial charge in [0.15, 0.2) is 0 Å². The molecule has 0 saturated carbocycles. The maximum Gasteiger partial charge on any atom is 0.134 e. The van der Waals surface area contributed by atoms with Crippen molar-refractivity contribution in [2.75, 3.05) is 20.3 Å². The van der Waals surface area contributed by atoms with Crippen molar-refractivity contribution in [3.05, 3.63) is 52.3 Å². The molecule has 0 N–H and O–H groups in total. The third-order valence-corrected chi connectivity index (χ3v) is 6.41. The molecular weight excluding hydrogens is 360 g/mol. The van der Waals surface area contributed by atoms with E-state index in [1.54, 1.807) is 7.11 Å². The fraction of sp³-hybridized carbons (Fsp3) is 0.520. The van der Waals surface area contributed by atoms with E-state index in [0.29, 0.717) is 18.8 Å². The zero-order chi connectivity index (χ0) is 20.6. The number of rotatable bonds is 4. The van der Waals surface area contributed by atoms with Crippen molar-refractivity contribution in [3.63, 3.8) is 0 Å². The van der Waals surface area contributed by atoms with Crippen LogP contribution in [0.2, 0.25) is 0 Å². The molecule has 4 nitrogen and oxygen atoms in total. The normalized spacial score (nSPS) is 22.9. The number of pyridine rings is 1. The number of ether oxygens (including phenoxy) is 2. The van der Waals surface area contributed by atoms with Crippen LogP contribution in [0.15, 0.2) is 24.3 Å². The Hall–Kier alpha value is -2.22. The van der Waals surface area contributed by atoms with E-state index in [1.807, 2.05) is 0 Å². The Bertz CT molecular complexity index is 966. The fourth-order valence-corrected chi connectivity index (χ4v) is 4.95. The van der Waals surface area contributed by atoms with Crippen LogP contribution in [0.25, 0.3) is 11.1 Å². The highest BCUT2D eigenvalue weighted by Gasteiger charge is 2.43. The lowest BCUT2D eigenvalue weighted by Gasteiger charge is -2.35. The van der Waals surface area contributed by atoms with Gasteiger partial charge in [-0.05, 0) is 55.6 Å². The molecular formula is C25H30N2O2. The number of nitriles is 1. The monoisotopic (exact) mass is 390 g/mol. The number of benzene rings is 1. The van der Waals surface area contributed by atoms with Crippen LogP contribution in [0.5, 0.6) is 0 Å². The van der Waals surface area contributed by atoms with Gasteiger partial charge in [-0.25, -0.2) is 0 Å². The van der Waals surface area contributed by atoms with Crippen molar-refractivity contribution in [2.45, 2.75) is 58.5 Å². The second-order valence-corrected chi connectivity index (χ2v) is 9.34. The van der Waals surface area contributed by atoms with Crippen molar-refractivity contribution in [2.24, 2.45) is 5.41 Å². The van der Waals surface area contributed by atoms with Crippen LogP contribution in [0.3, 0.4) is 0 Å². The molecule has 0 radical (unpaired) electrons. The molecule has 4 heteroatoms. The van der Waals surface area contributed by atoms with Crippen LogP contribution in [0, 0.1) is 23.7 Å². The lowest BCUT2D eigenvalue weighted by molar-refractivity contribution is -0.0592. The van der Waals surface area contributed by atoms with E-state index in [9.17, 15) is 5.26 Å². The van der Waals surface area contributed by atoms with E-state index in [-0.39, 0.29) is 5.41 Å². The summed E-state index contributed by atoms with van der Waals surface area (Å²) in [5.41, 5.74) is 6.71. The number of hydrogen-bond acceptors (Lipinski definition) is 4. The Labute approximate surface area is 173 Å². The number of aromatic nitrogens is 1. The zero-order valence-corrected chi connectivity index (χ0v) is 18.0. The highest BCUT2D eigenvalue weighted by molar-refractivity contribution is 5.77. The number of hydrogen-bond donors (Lipinski definition) is 0. The van der Waals surface area contributed by atoms with Crippen LogP contribution in [-0.2, 0) is 27.9 Å². The Balaban J connectivity index is 2.03.